The summed E-state index contributed by atoms with van der Waals surface area (Å²) in [7, 11) is -4.91. The van der Waals surface area contributed by atoms with Gasteiger partial charge in [0, 0.05) is 16.8 Å². The summed E-state index contributed by atoms with van der Waals surface area (Å²) in [5.74, 6) is -2.67. The Morgan fingerprint density at radius 3 is 2.06 bits per heavy atom. The molecule has 10 nitrogen and oxygen atoms in total. The molecule has 0 unspecified atom stereocenters. The molecule has 0 radical (unpaired) electrons. The van der Waals surface area contributed by atoms with E-state index in [9.17, 15) is 32.5 Å². The van der Waals surface area contributed by atoms with E-state index < -0.39 is 43.8 Å². The van der Waals surface area contributed by atoms with E-state index in [1.807, 2.05) is 0 Å². The standard InChI is InChI=1S/C22H17N3O7S/c1-9-6-14(12(22(28)29)7-13(9)23)25-15-8-16(33(30,31)32)19(24)18-17(15)20(26)10-4-2-3-5-11(10)21(18)27/h2-8,25H,23-24H2,1H3,(H,28,29)(H,30,31,32). The molecule has 7 N–H and O–H groups in total. The smallest absolute Gasteiger partial charge is 0.337 e. The molecule has 33 heavy (non-hydrogen) atoms. The van der Waals surface area contributed by atoms with Crippen LogP contribution in [0.4, 0.5) is 22.7 Å². The van der Waals surface area contributed by atoms with Gasteiger partial charge in [0.25, 0.3) is 10.1 Å². The van der Waals surface area contributed by atoms with Crippen LogP contribution in [-0.2, 0) is 10.1 Å². The average molecular weight is 467 g/mol. The lowest BCUT2D eigenvalue weighted by atomic mass is 9.82. The van der Waals surface area contributed by atoms with Crippen LogP contribution in [0.1, 0.15) is 47.8 Å². The molecule has 0 heterocycles. The zero-order valence-electron chi connectivity index (χ0n) is 17.0. The third-order valence-electron chi connectivity index (χ3n) is 5.38. The van der Waals surface area contributed by atoms with Gasteiger partial charge in [-0.05, 0) is 30.7 Å². The van der Waals surface area contributed by atoms with E-state index in [0.29, 0.717) is 5.56 Å². The third-order valence-corrected chi connectivity index (χ3v) is 6.28. The molecule has 1 aliphatic rings. The van der Waals surface area contributed by atoms with E-state index >= 15 is 0 Å². The molecule has 0 fully saturated rings. The number of aryl methyl sites for hydroxylation is 1. The Kier molecular flexibility index (Phi) is 4.95. The molecule has 0 aromatic heterocycles. The van der Waals surface area contributed by atoms with Crippen molar-refractivity contribution in [3.63, 3.8) is 0 Å². The lowest BCUT2D eigenvalue weighted by molar-refractivity contribution is 0.0697. The molecular weight excluding hydrogens is 450 g/mol. The second kappa shape index (κ2) is 7.43. The van der Waals surface area contributed by atoms with Gasteiger partial charge in [-0.25, -0.2) is 4.79 Å². The van der Waals surface area contributed by atoms with Crippen LogP contribution in [0.25, 0.3) is 0 Å². The average Bonchev–Trinajstić information content (AvgIpc) is 2.74. The van der Waals surface area contributed by atoms with E-state index in [1.165, 1.54) is 30.3 Å². The number of carbonyl (C=O) groups excluding carboxylic acids is 2. The van der Waals surface area contributed by atoms with Crippen molar-refractivity contribution in [3.05, 3.63) is 75.8 Å². The van der Waals surface area contributed by atoms with Gasteiger partial charge in [0.05, 0.1) is 33.8 Å². The Bertz CT molecular complexity index is 1510. The second-order valence-electron chi connectivity index (χ2n) is 7.45. The highest BCUT2D eigenvalue weighted by atomic mass is 32.2. The van der Waals surface area contributed by atoms with Crippen molar-refractivity contribution in [2.75, 3.05) is 16.8 Å². The molecule has 0 saturated heterocycles. The molecule has 1 aliphatic carbocycles. The molecule has 0 bridgehead atoms. The maximum absolute atomic E-state index is 13.3. The van der Waals surface area contributed by atoms with Crippen molar-refractivity contribution in [1.82, 2.24) is 0 Å². The first kappa shape index (κ1) is 22.0. The van der Waals surface area contributed by atoms with Gasteiger partial charge < -0.3 is 21.9 Å². The molecule has 0 saturated carbocycles. The molecule has 0 spiro atoms. The molecule has 4 rings (SSSR count). The summed E-state index contributed by atoms with van der Waals surface area (Å²) in [5, 5.41) is 12.3. The topological polar surface area (TPSA) is 190 Å². The SMILES string of the molecule is Cc1cc(Nc2cc(S(=O)(=O)O)c(N)c3c2C(=O)c2ccccc2C3=O)c(C(=O)O)cc1N. The van der Waals surface area contributed by atoms with Crippen molar-refractivity contribution in [2.45, 2.75) is 11.8 Å². The number of nitrogens with two attached hydrogens (primary N) is 2. The number of hydrogen-bond acceptors (Lipinski definition) is 8. The number of rotatable bonds is 4. The van der Waals surface area contributed by atoms with E-state index in [-0.39, 0.29) is 39.3 Å². The van der Waals surface area contributed by atoms with Crippen molar-refractivity contribution in [1.29, 1.82) is 0 Å². The fourth-order valence-electron chi connectivity index (χ4n) is 3.76. The largest absolute Gasteiger partial charge is 0.478 e. The number of benzene rings is 3. The first-order chi connectivity index (χ1) is 15.4. The van der Waals surface area contributed by atoms with Gasteiger partial charge in [0.2, 0.25) is 0 Å². The number of aromatic carboxylic acids is 1. The molecule has 0 atom stereocenters. The zero-order chi connectivity index (χ0) is 24.2. The van der Waals surface area contributed by atoms with Crippen LogP contribution >= 0.6 is 0 Å². The molecule has 11 heteroatoms. The Balaban J connectivity index is 2.05. The lowest BCUT2D eigenvalue weighted by Crippen LogP contribution is -2.25. The second-order valence-corrected chi connectivity index (χ2v) is 8.84. The van der Waals surface area contributed by atoms with Crippen LogP contribution in [0.2, 0.25) is 0 Å². The minimum absolute atomic E-state index is 0.0124. The Hall–Kier alpha value is -4.22. The highest BCUT2D eigenvalue weighted by molar-refractivity contribution is 7.86. The van der Waals surface area contributed by atoms with Crippen LogP contribution in [0.5, 0.6) is 0 Å². The maximum Gasteiger partial charge on any atom is 0.337 e. The molecule has 0 amide bonds. The van der Waals surface area contributed by atoms with Gasteiger partial charge in [0.1, 0.15) is 4.90 Å². The number of nitrogens with one attached hydrogen (secondary N) is 1. The molecule has 3 aromatic rings. The van der Waals surface area contributed by atoms with Crippen molar-refractivity contribution >= 4 is 50.4 Å². The zero-order valence-corrected chi connectivity index (χ0v) is 17.9. The fourth-order valence-corrected chi connectivity index (χ4v) is 4.40. The number of anilines is 4. The highest BCUT2D eigenvalue weighted by Gasteiger charge is 2.36. The van der Waals surface area contributed by atoms with Gasteiger partial charge >= 0.3 is 5.97 Å². The summed E-state index contributed by atoms with van der Waals surface area (Å²) in [6, 6.07) is 9.42. The van der Waals surface area contributed by atoms with E-state index in [1.54, 1.807) is 13.0 Å². The number of ketones is 2. The summed E-state index contributed by atoms with van der Waals surface area (Å²) >= 11 is 0. The van der Waals surface area contributed by atoms with Gasteiger partial charge in [-0.1, -0.05) is 24.3 Å². The van der Waals surface area contributed by atoms with Crippen LogP contribution in [0.15, 0.2) is 47.4 Å². The van der Waals surface area contributed by atoms with Gasteiger partial charge in [-0.2, -0.15) is 8.42 Å². The minimum atomic E-state index is -4.91. The highest BCUT2D eigenvalue weighted by Crippen LogP contribution is 2.40. The van der Waals surface area contributed by atoms with Gasteiger partial charge in [0.15, 0.2) is 11.6 Å². The van der Waals surface area contributed by atoms with Crippen molar-refractivity contribution in [2.24, 2.45) is 0 Å². The third kappa shape index (κ3) is 3.49. The van der Waals surface area contributed by atoms with Crippen molar-refractivity contribution < 1.29 is 32.5 Å². The van der Waals surface area contributed by atoms with E-state index in [2.05, 4.69) is 5.32 Å². The summed E-state index contributed by atoms with van der Waals surface area (Å²) in [6.45, 7) is 1.62. The number of hydrogen-bond donors (Lipinski definition) is 5. The number of carboxylic acid groups (broad SMARTS) is 1. The quantitative estimate of drug-likeness (QED) is 0.220. The minimum Gasteiger partial charge on any atom is -0.478 e. The van der Waals surface area contributed by atoms with Gasteiger partial charge in [-0.3, -0.25) is 14.1 Å². The molecule has 3 aromatic carbocycles. The first-order valence-corrected chi connectivity index (χ1v) is 10.9. The number of carboxylic acids is 1. The molecule has 168 valence electrons. The summed E-state index contributed by atoms with van der Waals surface area (Å²) in [6.07, 6.45) is 0. The molecular formula is C22H17N3O7S. The van der Waals surface area contributed by atoms with Gasteiger partial charge in [-0.15, -0.1) is 0 Å². The normalized spacial score (nSPS) is 12.8. The summed E-state index contributed by atoms with van der Waals surface area (Å²) < 4.78 is 33.7. The first-order valence-electron chi connectivity index (χ1n) is 9.44. The fraction of sp³-hybridized carbons (Fsp3) is 0.0455. The van der Waals surface area contributed by atoms with E-state index in [0.717, 1.165) is 6.07 Å². The van der Waals surface area contributed by atoms with E-state index in [4.69, 9.17) is 11.5 Å². The Morgan fingerprint density at radius 2 is 1.52 bits per heavy atom. The number of nitrogen functional groups attached to an aromatic ring is 2. The predicted octanol–water partition coefficient (Wildman–Crippen LogP) is 2.62. The van der Waals surface area contributed by atoms with Crippen molar-refractivity contribution in [3.8, 4) is 0 Å². The number of carbonyl (C=O) groups is 3. The summed E-state index contributed by atoms with van der Waals surface area (Å²) in [5.41, 5.74) is 10.8. The Morgan fingerprint density at radius 1 is 0.939 bits per heavy atom. The number of fused-ring (bicyclic) bond motifs is 2. The van der Waals surface area contributed by atoms with Crippen LogP contribution in [-0.4, -0.2) is 35.6 Å². The Labute approximate surface area is 187 Å². The van der Waals surface area contributed by atoms with Crippen LogP contribution in [0, 0.1) is 6.92 Å². The lowest BCUT2D eigenvalue weighted by Gasteiger charge is -2.24. The predicted molar refractivity (Wildman–Crippen MR) is 120 cm³/mol. The van der Waals surface area contributed by atoms with Crippen LogP contribution < -0.4 is 16.8 Å². The molecule has 0 aliphatic heterocycles. The van der Waals surface area contributed by atoms with Crippen LogP contribution in [0.3, 0.4) is 0 Å². The monoisotopic (exact) mass is 467 g/mol. The maximum atomic E-state index is 13.3. The summed E-state index contributed by atoms with van der Waals surface area (Å²) in [4.78, 5) is 37.5.